The SMILES string of the molecule is CCCCCCCCCCCCCC/C=C\CCCCCCCCCCCC(O)CC(=O)NC(CO)C(O)/C=C/CCCCCCCCCCCCCC. The van der Waals surface area contributed by atoms with Gasteiger partial charge < -0.3 is 20.6 Å². The van der Waals surface area contributed by atoms with Crippen molar-refractivity contribution in [3.05, 3.63) is 24.3 Å². The minimum Gasteiger partial charge on any atom is -0.394 e. The summed E-state index contributed by atoms with van der Waals surface area (Å²) in [6, 6.07) is -0.742. The van der Waals surface area contributed by atoms with Crippen LogP contribution in [0.4, 0.5) is 0 Å². The maximum Gasteiger partial charge on any atom is 0.222 e. The Morgan fingerprint density at radius 1 is 0.463 bits per heavy atom. The normalized spacial score (nSPS) is 13.6. The molecule has 0 bridgehead atoms. The number of hydrogen-bond acceptors (Lipinski definition) is 4. The second kappa shape index (κ2) is 44.5. The summed E-state index contributed by atoms with van der Waals surface area (Å²) in [6.07, 6.45) is 54.8. The molecule has 5 heteroatoms. The number of hydrogen-bond donors (Lipinski definition) is 4. The first-order valence-electron chi connectivity index (χ1n) is 24.1. The van der Waals surface area contributed by atoms with E-state index in [9.17, 15) is 20.1 Å². The molecule has 3 unspecified atom stereocenters. The second-order valence-corrected chi connectivity index (χ2v) is 16.7. The molecule has 54 heavy (non-hydrogen) atoms. The first-order valence-corrected chi connectivity index (χ1v) is 24.1. The zero-order valence-electron chi connectivity index (χ0n) is 36.4. The van der Waals surface area contributed by atoms with Crippen molar-refractivity contribution in [2.45, 2.75) is 276 Å². The fraction of sp³-hybridized carbons (Fsp3) is 0.898. The van der Waals surface area contributed by atoms with Gasteiger partial charge in [0.15, 0.2) is 0 Å². The molecule has 0 aliphatic carbocycles. The molecule has 5 nitrogen and oxygen atoms in total. The fourth-order valence-corrected chi connectivity index (χ4v) is 7.51. The second-order valence-electron chi connectivity index (χ2n) is 16.7. The van der Waals surface area contributed by atoms with Gasteiger partial charge in [-0.3, -0.25) is 4.79 Å². The third-order valence-electron chi connectivity index (χ3n) is 11.2. The Labute approximate surface area is 337 Å². The largest absolute Gasteiger partial charge is 0.394 e. The van der Waals surface area contributed by atoms with Crippen molar-refractivity contribution in [1.29, 1.82) is 0 Å². The molecule has 4 N–H and O–H groups in total. The minimum atomic E-state index is -0.927. The minimum absolute atomic E-state index is 0.0143. The first-order chi connectivity index (χ1) is 26.5. The van der Waals surface area contributed by atoms with Gasteiger partial charge in [0.1, 0.15) is 0 Å². The molecule has 0 radical (unpaired) electrons. The lowest BCUT2D eigenvalue weighted by molar-refractivity contribution is -0.124. The van der Waals surface area contributed by atoms with Crippen LogP contribution in [-0.4, -0.2) is 46.1 Å². The molecule has 0 saturated carbocycles. The summed E-state index contributed by atoms with van der Waals surface area (Å²) >= 11 is 0. The average Bonchev–Trinajstić information content (AvgIpc) is 3.16. The van der Waals surface area contributed by atoms with Crippen LogP contribution in [0.1, 0.15) is 258 Å². The van der Waals surface area contributed by atoms with Gasteiger partial charge >= 0.3 is 0 Å². The number of aliphatic hydroxyl groups excluding tert-OH is 3. The van der Waals surface area contributed by atoms with E-state index in [0.29, 0.717) is 6.42 Å². The third kappa shape index (κ3) is 40.5. The van der Waals surface area contributed by atoms with Crippen LogP contribution in [0, 0.1) is 0 Å². The molecule has 0 heterocycles. The number of allylic oxidation sites excluding steroid dienone is 3. The van der Waals surface area contributed by atoms with E-state index < -0.39 is 18.2 Å². The Morgan fingerprint density at radius 2 is 0.778 bits per heavy atom. The third-order valence-corrected chi connectivity index (χ3v) is 11.2. The summed E-state index contributed by atoms with van der Waals surface area (Å²) in [6.45, 7) is 4.22. The number of carbonyl (C=O) groups excluding carboxylic acids is 1. The zero-order chi connectivity index (χ0) is 39.4. The lowest BCUT2D eigenvalue weighted by Gasteiger charge is -2.21. The number of aliphatic hydroxyl groups is 3. The Morgan fingerprint density at radius 3 is 1.13 bits per heavy atom. The van der Waals surface area contributed by atoms with Crippen molar-refractivity contribution in [2.75, 3.05) is 6.61 Å². The van der Waals surface area contributed by atoms with Gasteiger partial charge in [-0.25, -0.2) is 0 Å². The molecular weight excluding hydrogens is 667 g/mol. The molecule has 0 aromatic heterocycles. The Kier molecular flexibility index (Phi) is 43.6. The van der Waals surface area contributed by atoms with Gasteiger partial charge in [0.2, 0.25) is 5.91 Å². The van der Waals surface area contributed by atoms with Crippen LogP contribution >= 0.6 is 0 Å². The van der Waals surface area contributed by atoms with Crippen LogP contribution in [0.2, 0.25) is 0 Å². The van der Waals surface area contributed by atoms with Crippen LogP contribution in [-0.2, 0) is 4.79 Å². The standard InChI is InChI=1S/C49H95NO4/c1-3-5-7-9-11-13-15-17-19-20-21-22-23-24-25-26-27-28-29-30-32-34-36-38-40-42-46(52)44-49(54)50-47(45-51)48(53)43-41-39-37-35-33-31-18-16-14-12-10-8-6-4-2/h24-25,41,43,46-48,51-53H,3-23,26-40,42,44-45H2,1-2H3,(H,50,54)/b25-24-,43-41+. The molecule has 0 fully saturated rings. The molecule has 1 amide bonds. The van der Waals surface area contributed by atoms with Crippen LogP contribution in [0.25, 0.3) is 0 Å². The van der Waals surface area contributed by atoms with Crippen molar-refractivity contribution in [3.63, 3.8) is 0 Å². The molecule has 0 aliphatic rings. The van der Waals surface area contributed by atoms with Crippen molar-refractivity contribution >= 4 is 5.91 Å². The maximum absolute atomic E-state index is 12.4. The van der Waals surface area contributed by atoms with E-state index in [1.807, 2.05) is 6.08 Å². The quantitative estimate of drug-likeness (QED) is 0.0368. The van der Waals surface area contributed by atoms with E-state index in [2.05, 4.69) is 31.3 Å². The van der Waals surface area contributed by atoms with E-state index in [1.165, 1.54) is 205 Å². The van der Waals surface area contributed by atoms with Crippen molar-refractivity contribution in [2.24, 2.45) is 0 Å². The molecule has 0 aromatic carbocycles. The maximum atomic E-state index is 12.4. The highest BCUT2D eigenvalue weighted by Crippen LogP contribution is 2.16. The summed E-state index contributed by atoms with van der Waals surface area (Å²) in [5, 5.41) is 33.3. The molecule has 0 rings (SSSR count). The van der Waals surface area contributed by atoms with Gasteiger partial charge in [0.05, 0.1) is 31.3 Å². The van der Waals surface area contributed by atoms with Crippen LogP contribution < -0.4 is 5.32 Å². The molecule has 0 aliphatic heterocycles. The average molecular weight is 762 g/mol. The fourth-order valence-electron chi connectivity index (χ4n) is 7.51. The van der Waals surface area contributed by atoms with Crippen LogP contribution in [0.15, 0.2) is 24.3 Å². The van der Waals surface area contributed by atoms with Gasteiger partial charge in [0.25, 0.3) is 0 Å². The summed E-state index contributed by atoms with van der Waals surface area (Å²) in [5.41, 5.74) is 0. The topological polar surface area (TPSA) is 89.8 Å². The number of amides is 1. The van der Waals surface area contributed by atoms with Gasteiger partial charge in [-0.05, 0) is 44.9 Å². The Hall–Kier alpha value is -1.17. The highest BCUT2D eigenvalue weighted by atomic mass is 16.3. The first kappa shape index (κ1) is 52.8. The van der Waals surface area contributed by atoms with Gasteiger partial charge in [-0.1, -0.05) is 231 Å². The summed E-state index contributed by atoms with van der Waals surface area (Å²) < 4.78 is 0. The lowest BCUT2D eigenvalue weighted by atomic mass is 10.0. The van der Waals surface area contributed by atoms with E-state index in [1.54, 1.807) is 6.08 Å². The molecule has 0 aromatic rings. The predicted molar refractivity (Wildman–Crippen MR) is 236 cm³/mol. The Bertz CT molecular complexity index is 799. The van der Waals surface area contributed by atoms with Gasteiger partial charge in [-0.2, -0.15) is 0 Å². The van der Waals surface area contributed by atoms with Crippen LogP contribution in [0.5, 0.6) is 0 Å². The van der Waals surface area contributed by atoms with E-state index in [4.69, 9.17) is 0 Å². The van der Waals surface area contributed by atoms with Crippen molar-refractivity contribution in [1.82, 2.24) is 5.32 Å². The highest BCUT2D eigenvalue weighted by molar-refractivity contribution is 5.76. The number of rotatable bonds is 44. The summed E-state index contributed by atoms with van der Waals surface area (Å²) in [5.74, 6) is -0.315. The van der Waals surface area contributed by atoms with Crippen molar-refractivity contribution in [3.8, 4) is 0 Å². The van der Waals surface area contributed by atoms with Gasteiger partial charge in [-0.15, -0.1) is 0 Å². The molecular formula is C49H95NO4. The van der Waals surface area contributed by atoms with E-state index in [-0.39, 0.29) is 18.9 Å². The molecule has 320 valence electrons. The number of nitrogens with one attached hydrogen (secondary N) is 1. The number of unbranched alkanes of at least 4 members (excludes halogenated alkanes) is 33. The lowest BCUT2D eigenvalue weighted by Crippen LogP contribution is -2.45. The monoisotopic (exact) mass is 762 g/mol. The van der Waals surface area contributed by atoms with Crippen molar-refractivity contribution < 1.29 is 20.1 Å². The summed E-state index contributed by atoms with van der Waals surface area (Å²) in [7, 11) is 0. The number of carbonyl (C=O) groups is 1. The summed E-state index contributed by atoms with van der Waals surface area (Å²) in [4.78, 5) is 12.4. The highest BCUT2D eigenvalue weighted by Gasteiger charge is 2.20. The zero-order valence-corrected chi connectivity index (χ0v) is 36.4. The Balaban J connectivity index is 3.59. The predicted octanol–water partition coefficient (Wildman–Crippen LogP) is 14.2. The molecule has 3 atom stereocenters. The van der Waals surface area contributed by atoms with Crippen LogP contribution in [0.3, 0.4) is 0 Å². The molecule has 0 saturated heterocycles. The van der Waals surface area contributed by atoms with E-state index in [0.717, 1.165) is 25.7 Å². The smallest absolute Gasteiger partial charge is 0.222 e. The van der Waals surface area contributed by atoms with E-state index >= 15 is 0 Å². The molecule has 0 spiro atoms. The van der Waals surface area contributed by atoms with Gasteiger partial charge in [0, 0.05) is 0 Å².